The molecular formula is C12H23NO2. The molecular weight excluding hydrogens is 190 g/mol. The monoisotopic (exact) mass is 213 g/mol. The minimum atomic E-state index is -0.150. The van der Waals surface area contributed by atoms with Crippen molar-refractivity contribution >= 4 is 6.09 Å². The Bertz CT molecular complexity index is 224. The van der Waals surface area contributed by atoms with Crippen LogP contribution in [0.2, 0.25) is 0 Å². The summed E-state index contributed by atoms with van der Waals surface area (Å²) >= 11 is 0. The maximum atomic E-state index is 11.7. The van der Waals surface area contributed by atoms with Crippen molar-refractivity contribution in [2.75, 3.05) is 13.1 Å². The predicted octanol–water partition coefficient (Wildman–Crippen LogP) is 3.04. The molecule has 1 heterocycles. The van der Waals surface area contributed by atoms with Gasteiger partial charge >= 0.3 is 6.09 Å². The van der Waals surface area contributed by atoms with Crippen LogP contribution in [0.5, 0.6) is 0 Å². The average molecular weight is 213 g/mol. The van der Waals surface area contributed by atoms with Gasteiger partial charge in [-0.3, -0.25) is 0 Å². The fourth-order valence-electron chi connectivity index (χ4n) is 1.88. The molecule has 0 aliphatic carbocycles. The van der Waals surface area contributed by atoms with Crippen molar-refractivity contribution in [2.24, 2.45) is 5.41 Å². The first-order chi connectivity index (χ1) is 6.91. The molecule has 0 aromatic carbocycles. The molecule has 0 aromatic heterocycles. The van der Waals surface area contributed by atoms with Crippen LogP contribution in [0, 0.1) is 5.41 Å². The molecule has 1 amide bonds. The number of ether oxygens (including phenoxy) is 1. The van der Waals surface area contributed by atoms with Gasteiger partial charge in [0.2, 0.25) is 0 Å². The fourth-order valence-corrected chi connectivity index (χ4v) is 1.88. The van der Waals surface area contributed by atoms with E-state index in [9.17, 15) is 4.79 Å². The largest absolute Gasteiger partial charge is 0.447 e. The Labute approximate surface area is 92.8 Å². The van der Waals surface area contributed by atoms with Gasteiger partial charge in [-0.05, 0) is 38.5 Å². The van der Waals surface area contributed by atoms with E-state index in [-0.39, 0.29) is 12.2 Å². The van der Waals surface area contributed by atoms with E-state index >= 15 is 0 Å². The molecule has 0 saturated carbocycles. The lowest BCUT2D eigenvalue weighted by atomic mass is 9.85. The second kappa shape index (κ2) is 4.86. The number of hydrogen-bond acceptors (Lipinski definition) is 2. The van der Waals surface area contributed by atoms with Crippen LogP contribution in [0.1, 0.15) is 47.0 Å². The lowest BCUT2D eigenvalue weighted by Gasteiger charge is -2.23. The van der Waals surface area contributed by atoms with E-state index in [1.165, 1.54) is 6.42 Å². The number of nitrogens with zero attached hydrogens (tertiary/aromatic N) is 1. The first-order valence-electron chi connectivity index (χ1n) is 5.86. The molecule has 0 unspecified atom stereocenters. The van der Waals surface area contributed by atoms with Gasteiger partial charge in [-0.1, -0.05) is 13.8 Å². The highest BCUT2D eigenvalue weighted by molar-refractivity contribution is 5.67. The summed E-state index contributed by atoms with van der Waals surface area (Å²) in [6, 6.07) is 0. The van der Waals surface area contributed by atoms with Crippen molar-refractivity contribution in [1.82, 2.24) is 4.90 Å². The zero-order chi connectivity index (χ0) is 11.5. The van der Waals surface area contributed by atoms with Gasteiger partial charge in [-0.15, -0.1) is 0 Å². The molecule has 1 aliphatic heterocycles. The number of rotatable bonds is 1. The fraction of sp³-hybridized carbons (Fsp3) is 0.917. The molecule has 0 N–H and O–H groups in total. The van der Waals surface area contributed by atoms with E-state index in [0.717, 1.165) is 25.9 Å². The van der Waals surface area contributed by atoms with Crippen LogP contribution in [0.3, 0.4) is 0 Å². The van der Waals surface area contributed by atoms with Gasteiger partial charge in [0.15, 0.2) is 0 Å². The Balaban J connectivity index is 2.47. The van der Waals surface area contributed by atoms with E-state index < -0.39 is 0 Å². The Morgan fingerprint density at radius 3 is 2.53 bits per heavy atom. The summed E-state index contributed by atoms with van der Waals surface area (Å²) in [4.78, 5) is 13.5. The van der Waals surface area contributed by atoms with Crippen LogP contribution in [-0.4, -0.2) is 30.2 Å². The average Bonchev–Trinajstić information content (AvgIpc) is 2.25. The van der Waals surface area contributed by atoms with Crippen molar-refractivity contribution in [1.29, 1.82) is 0 Å². The highest BCUT2D eigenvalue weighted by Gasteiger charge is 2.26. The van der Waals surface area contributed by atoms with Crippen LogP contribution in [-0.2, 0) is 4.74 Å². The standard InChI is InChI=1S/C12H23NO2/c1-10(2)15-11(14)13-8-5-6-12(3,4)7-9-13/h10H,5-9H2,1-4H3. The summed E-state index contributed by atoms with van der Waals surface area (Å²) in [5.74, 6) is 0. The summed E-state index contributed by atoms with van der Waals surface area (Å²) in [6.07, 6.45) is 3.18. The topological polar surface area (TPSA) is 29.5 Å². The molecule has 1 aliphatic rings. The first kappa shape index (κ1) is 12.3. The first-order valence-corrected chi connectivity index (χ1v) is 5.86. The SMILES string of the molecule is CC(C)OC(=O)N1CCCC(C)(C)CC1. The van der Waals surface area contributed by atoms with E-state index in [1.807, 2.05) is 18.7 Å². The van der Waals surface area contributed by atoms with Gasteiger partial charge in [0.25, 0.3) is 0 Å². The Morgan fingerprint density at radius 1 is 1.27 bits per heavy atom. The molecule has 15 heavy (non-hydrogen) atoms. The predicted molar refractivity (Wildman–Crippen MR) is 60.8 cm³/mol. The Kier molecular flexibility index (Phi) is 4.00. The molecule has 3 heteroatoms. The maximum Gasteiger partial charge on any atom is 0.410 e. The van der Waals surface area contributed by atoms with Crippen molar-refractivity contribution in [2.45, 2.75) is 53.1 Å². The highest BCUT2D eigenvalue weighted by atomic mass is 16.6. The number of carbonyl (C=O) groups is 1. The quantitative estimate of drug-likeness (QED) is 0.670. The zero-order valence-corrected chi connectivity index (χ0v) is 10.4. The molecule has 0 radical (unpaired) electrons. The van der Waals surface area contributed by atoms with Gasteiger partial charge in [0, 0.05) is 13.1 Å². The van der Waals surface area contributed by atoms with Crippen molar-refractivity contribution in [3.05, 3.63) is 0 Å². The van der Waals surface area contributed by atoms with Gasteiger partial charge < -0.3 is 9.64 Å². The molecule has 0 atom stereocenters. The second-order valence-corrected chi connectivity index (χ2v) is 5.44. The summed E-state index contributed by atoms with van der Waals surface area (Å²) in [6.45, 7) is 9.99. The van der Waals surface area contributed by atoms with Crippen LogP contribution < -0.4 is 0 Å². The number of hydrogen-bond donors (Lipinski definition) is 0. The molecule has 1 fully saturated rings. The molecule has 3 nitrogen and oxygen atoms in total. The minimum absolute atomic E-state index is 0.0197. The van der Waals surface area contributed by atoms with Crippen molar-refractivity contribution in [3.8, 4) is 0 Å². The Morgan fingerprint density at radius 2 is 1.93 bits per heavy atom. The molecule has 1 rings (SSSR count). The van der Waals surface area contributed by atoms with Crippen molar-refractivity contribution < 1.29 is 9.53 Å². The van der Waals surface area contributed by atoms with E-state index in [1.54, 1.807) is 0 Å². The summed E-state index contributed by atoms with van der Waals surface area (Å²) < 4.78 is 5.20. The molecule has 1 saturated heterocycles. The van der Waals surface area contributed by atoms with Gasteiger partial charge in [0.05, 0.1) is 6.10 Å². The summed E-state index contributed by atoms with van der Waals surface area (Å²) in [7, 11) is 0. The highest BCUT2D eigenvalue weighted by Crippen LogP contribution is 2.29. The van der Waals surface area contributed by atoms with E-state index in [4.69, 9.17) is 4.74 Å². The lowest BCUT2D eigenvalue weighted by molar-refractivity contribution is 0.0770. The van der Waals surface area contributed by atoms with Gasteiger partial charge in [-0.25, -0.2) is 4.79 Å². The lowest BCUT2D eigenvalue weighted by Crippen LogP contribution is -2.34. The molecule has 88 valence electrons. The van der Waals surface area contributed by atoms with Crippen molar-refractivity contribution in [3.63, 3.8) is 0 Å². The maximum absolute atomic E-state index is 11.7. The Hall–Kier alpha value is -0.730. The second-order valence-electron chi connectivity index (χ2n) is 5.44. The third-order valence-electron chi connectivity index (χ3n) is 2.93. The zero-order valence-electron chi connectivity index (χ0n) is 10.4. The smallest absolute Gasteiger partial charge is 0.410 e. The molecule has 0 spiro atoms. The van der Waals surface area contributed by atoms with E-state index in [2.05, 4.69) is 13.8 Å². The third kappa shape index (κ3) is 4.10. The van der Waals surface area contributed by atoms with Crippen LogP contribution >= 0.6 is 0 Å². The summed E-state index contributed by atoms with van der Waals surface area (Å²) in [5.41, 5.74) is 0.368. The number of carbonyl (C=O) groups excluding carboxylic acids is 1. The van der Waals surface area contributed by atoms with Crippen LogP contribution in [0.15, 0.2) is 0 Å². The summed E-state index contributed by atoms with van der Waals surface area (Å²) in [5, 5.41) is 0. The van der Waals surface area contributed by atoms with Gasteiger partial charge in [-0.2, -0.15) is 0 Å². The molecule has 0 aromatic rings. The minimum Gasteiger partial charge on any atom is -0.447 e. The molecule has 0 bridgehead atoms. The normalized spacial score (nSPS) is 21.3. The van der Waals surface area contributed by atoms with Crippen LogP contribution in [0.25, 0.3) is 0 Å². The van der Waals surface area contributed by atoms with Gasteiger partial charge in [0.1, 0.15) is 0 Å². The van der Waals surface area contributed by atoms with Crippen LogP contribution in [0.4, 0.5) is 4.79 Å². The number of likely N-dealkylation sites (tertiary alicyclic amines) is 1. The number of amides is 1. The third-order valence-corrected chi connectivity index (χ3v) is 2.93. The van der Waals surface area contributed by atoms with E-state index in [0.29, 0.717) is 5.41 Å².